The Balaban J connectivity index is 2.14. The van der Waals surface area contributed by atoms with Crippen molar-refractivity contribution in [1.82, 2.24) is 0 Å². The van der Waals surface area contributed by atoms with Crippen LogP contribution in [0, 0.1) is 5.82 Å². The molecule has 1 N–H and O–H groups in total. The van der Waals surface area contributed by atoms with E-state index in [9.17, 15) is 9.50 Å². The fourth-order valence-electron chi connectivity index (χ4n) is 1.97. The zero-order valence-corrected chi connectivity index (χ0v) is 9.89. The summed E-state index contributed by atoms with van der Waals surface area (Å²) in [7, 11) is 0. The minimum Gasteiger partial charge on any atom is -0.489 e. The van der Waals surface area contributed by atoms with Crippen molar-refractivity contribution in [3.63, 3.8) is 0 Å². The summed E-state index contributed by atoms with van der Waals surface area (Å²) in [4.78, 5) is 0. The van der Waals surface area contributed by atoms with Crippen molar-refractivity contribution in [3.8, 4) is 11.5 Å². The summed E-state index contributed by atoms with van der Waals surface area (Å²) in [5.41, 5.74) is -0.856. The Kier molecular flexibility index (Phi) is 2.45. The summed E-state index contributed by atoms with van der Waals surface area (Å²) in [5, 5.41) is 9.88. The predicted molar refractivity (Wildman–Crippen MR) is 60.1 cm³/mol. The molecule has 0 unspecified atom stereocenters. The monoisotopic (exact) mass is 258 g/mol. The number of halogens is 2. The van der Waals surface area contributed by atoms with Crippen LogP contribution in [0.15, 0.2) is 6.07 Å². The molecule has 3 rings (SSSR count). The second-order valence-electron chi connectivity index (χ2n) is 4.46. The van der Waals surface area contributed by atoms with Crippen LogP contribution in [0.2, 0.25) is 5.02 Å². The van der Waals surface area contributed by atoms with Gasteiger partial charge >= 0.3 is 0 Å². The molecule has 0 bridgehead atoms. The van der Waals surface area contributed by atoms with Gasteiger partial charge in [-0.1, -0.05) is 11.6 Å². The number of ether oxygens (including phenoxy) is 2. The van der Waals surface area contributed by atoms with Gasteiger partial charge < -0.3 is 14.6 Å². The maximum absolute atomic E-state index is 14.0. The lowest BCUT2D eigenvalue weighted by Gasteiger charge is -2.15. The van der Waals surface area contributed by atoms with E-state index in [2.05, 4.69) is 0 Å². The van der Waals surface area contributed by atoms with Gasteiger partial charge in [0.15, 0.2) is 17.3 Å². The summed E-state index contributed by atoms with van der Waals surface area (Å²) >= 11 is 5.93. The van der Waals surface area contributed by atoms with Crippen molar-refractivity contribution in [2.45, 2.75) is 24.9 Å². The lowest BCUT2D eigenvalue weighted by atomic mass is 10.1. The maximum Gasteiger partial charge on any atom is 0.182 e. The predicted octanol–water partition coefficient (Wildman–Crippen LogP) is 2.62. The topological polar surface area (TPSA) is 38.7 Å². The highest BCUT2D eigenvalue weighted by atomic mass is 35.5. The highest BCUT2D eigenvalue weighted by Gasteiger charge is 2.45. The van der Waals surface area contributed by atoms with Crippen LogP contribution in [0.1, 0.15) is 24.8 Å². The summed E-state index contributed by atoms with van der Waals surface area (Å²) < 4.78 is 24.9. The summed E-state index contributed by atoms with van der Waals surface area (Å²) in [6.07, 6.45) is 1.84. The van der Waals surface area contributed by atoms with Crippen molar-refractivity contribution >= 4 is 11.6 Å². The van der Waals surface area contributed by atoms with Crippen molar-refractivity contribution in [2.24, 2.45) is 0 Å². The van der Waals surface area contributed by atoms with E-state index in [1.807, 2.05) is 0 Å². The normalized spacial score (nSPS) is 20.9. The third-order valence-corrected chi connectivity index (χ3v) is 3.48. The lowest BCUT2D eigenvalue weighted by molar-refractivity contribution is 0.146. The van der Waals surface area contributed by atoms with Gasteiger partial charge in [-0.25, -0.2) is 4.39 Å². The van der Waals surface area contributed by atoms with E-state index in [1.54, 1.807) is 0 Å². The van der Waals surface area contributed by atoms with Gasteiger partial charge in [-0.15, -0.1) is 0 Å². The fourth-order valence-corrected chi connectivity index (χ4v) is 2.22. The number of aliphatic hydroxyl groups is 1. The molecule has 0 aromatic heterocycles. The molecule has 1 aliphatic carbocycles. The molecule has 1 aromatic carbocycles. The first kappa shape index (κ1) is 11.1. The molecule has 2 aliphatic rings. The standard InChI is InChI=1S/C12H12ClFO3/c13-9-10(14)7(12(15)2-3-12)6-8-11(9)17-5-1-4-16-8/h6,15H,1-5H2. The highest BCUT2D eigenvalue weighted by Crippen LogP contribution is 2.51. The lowest BCUT2D eigenvalue weighted by Crippen LogP contribution is -2.09. The summed E-state index contributed by atoms with van der Waals surface area (Å²) in [6, 6.07) is 1.51. The molecule has 1 saturated carbocycles. The Bertz CT molecular complexity index is 471. The Morgan fingerprint density at radius 3 is 2.71 bits per heavy atom. The van der Waals surface area contributed by atoms with Crippen LogP contribution in [0.3, 0.4) is 0 Å². The van der Waals surface area contributed by atoms with E-state index in [4.69, 9.17) is 21.1 Å². The largest absolute Gasteiger partial charge is 0.489 e. The van der Waals surface area contributed by atoms with Crippen LogP contribution in [-0.2, 0) is 5.60 Å². The fraction of sp³-hybridized carbons (Fsp3) is 0.500. The molecule has 0 atom stereocenters. The molecule has 5 heteroatoms. The number of fused-ring (bicyclic) bond motifs is 1. The van der Waals surface area contributed by atoms with Crippen LogP contribution in [0.5, 0.6) is 11.5 Å². The van der Waals surface area contributed by atoms with Crippen molar-refractivity contribution in [2.75, 3.05) is 13.2 Å². The van der Waals surface area contributed by atoms with Crippen molar-refractivity contribution in [3.05, 3.63) is 22.5 Å². The van der Waals surface area contributed by atoms with Crippen LogP contribution in [-0.4, -0.2) is 18.3 Å². The Labute approximate surface area is 103 Å². The third-order valence-electron chi connectivity index (χ3n) is 3.15. The summed E-state index contributed by atoms with van der Waals surface area (Å²) in [6.45, 7) is 0.961. The Hall–Kier alpha value is -1.00. The van der Waals surface area contributed by atoms with Crippen LogP contribution in [0.25, 0.3) is 0 Å². The van der Waals surface area contributed by atoms with E-state index < -0.39 is 11.4 Å². The van der Waals surface area contributed by atoms with Crippen LogP contribution in [0.4, 0.5) is 4.39 Å². The minimum absolute atomic E-state index is 0.0975. The Morgan fingerprint density at radius 1 is 1.29 bits per heavy atom. The molecule has 92 valence electrons. The van der Waals surface area contributed by atoms with Gasteiger partial charge in [0.1, 0.15) is 5.02 Å². The highest BCUT2D eigenvalue weighted by molar-refractivity contribution is 6.32. The van der Waals surface area contributed by atoms with E-state index in [-0.39, 0.29) is 16.3 Å². The SMILES string of the molecule is OC1(c2cc3c(c(Cl)c2F)OCCCO3)CC1. The van der Waals surface area contributed by atoms with Crippen LogP contribution >= 0.6 is 11.6 Å². The van der Waals surface area contributed by atoms with E-state index in [0.29, 0.717) is 31.8 Å². The molecular formula is C12H12ClFO3. The average Bonchev–Trinajstić information content (AvgIpc) is 3.07. The van der Waals surface area contributed by atoms with Gasteiger partial charge in [-0.2, -0.15) is 0 Å². The number of rotatable bonds is 1. The van der Waals surface area contributed by atoms with Crippen molar-refractivity contribution in [1.29, 1.82) is 0 Å². The Morgan fingerprint density at radius 2 is 2.00 bits per heavy atom. The number of hydrogen-bond donors (Lipinski definition) is 1. The van der Waals surface area contributed by atoms with E-state index >= 15 is 0 Å². The van der Waals surface area contributed by atoms with Gasteiger partial charge in [-0.3, -0.25) is 0 Å². The first-order valence-electron chi connectivity index (χ1n) is 5.62. The van der Waals surface area contributed by atoms with E-state index in [1.165, 1.54) is 6.07 Å². The molecule has 1 aliphatic heterocycles. The smallest absolute Gasteiger partial charge is 0.182 e. The molecular weight excluding hydrogens is 247 g/mol. The summed E-state index contributed by atoms with van der Waals surface area (Å²) in [5.74, 6) is 0.0646. The zero-order chi connectivity index (χ0) is 12.0. The molecule has 0 radical (unpaired) electrons. The third kappa shape index (κ3) is 1.76. The molecule has 3 nitrogen and oxygen atoms in total. The molecule has 1 fully saturated rings. The zero-order valence-electron chi connectivity index (χ0n) is 9.13. The first-order valence-corrected chi connectivity index (χ1v) is 6.00. The minimum atomic E-state index is -1.07. The molecule has 0 saturated heterocycles. The average molecular weight is 259 g/mol. The second-order valence-corrected chi connectivity index (χ2v) is 4.84. The molecule has 1 heterocycles. The molecule has 0 spiro atoms. The number of benzene rings is 1. The van der Waals surface area contributed by atoms with Crippen molar-refractivity contribution < 1.29 is 19.0 Å². The first-order chi connectivity index (χ1) is 8.12. The molecule has 1 aromatic rings. The van der Waals surface area contributed by atoms with Gasteiger partial charge in [-0.05, 0) is 18.9 Å². The van der Waals surface area contributed by atoms with Gasteiger partial charge in [0.05, 0.1) is 18.8 Å². The molecule has 17 heavy (non-hydrogen) atoms. The van der Waals surface area contributed by atoms with E-state index in [0.717, 1.165) is 6.42 Å². The number of hydrogen-bond acceptors (Lipinski definition) is 3. The van der Waals surface area contributed by atoms with Gasteiger partial charge in [0.2, 0.25) is 0 Å². The van der Waals surface area contributed by atoms with Gasteiger partial charge in [0.25, 0.3) is 0 Å². The van der Waals surface area contributed by atoms with Crippen LogP contribution < -0.4 is 9.47 Å². The molecule has 0 amide bonds. The maximum atomic E-state index is 14.0. The van der Waals surface area contributed by atoms with Gasteiger partial charge in [0, 0.05) is 12.0 Å². The quantitative estimate of drug-likeness (QED) is 0.842. The second kappa shape index (κ2) is 3.75.